The molecule has 5 heteroatoms. The van der Waals surface area contributed by atoms with Crippen LogP contribution < -0.4 is 0 Å². The standard InChI is InChI=1S/C10H12N2O3/c1-14-10(2-3-15-6-10)9(13)8-4-11-7-12-5-8/h4-5,7H,2-3,6H2,1H3. The first kappa shape index (κ1) is 10.2. The lowest BCUT2D eigenvalue weighted by Gasteiger charge is -2.23. The Morgan fingerprint density at radius 2 is 2.27 bits per heavy atom. The number of nitrogens with zero attached hydrogens (tertiary/aromatic N) is 2. The van der Waals surface area contributed by atoms with E-state index in [2.05, 4.69) is 9.97 Å². The van der Waals surface area contributed by atoms with E-state index in [-0.39, 0.29) is 5.78 Å². The van der Waals surface area contributed by atoms with Gasteiger partial charge in [0, 0.05) is 25.9 Å². The van der Waals surface area contributed by atoms with Gasteiger partial charge in [-0.25, -0.2) is 9.97 Å². The summed E-state index contributed by atoms with van der Waals surface area (Å²) in [5, 5.41) is 0. The molecule has 0 amide bonds. The quantitative estimate of drug-likeness (QED) is 0.675. The Morgan fingerprint density at radius 3 is 2.80 bits per heavy atom. The maximum absolute atomic E-state index is 12.1. The molecule has 80 valence electrons. The average molecular weight is 208 g/mol. The van der Waals surface area contributed by atoms with Crippen LogP contribution in [0, 0.1) is 0 Å². The molecule has 0 spiro atoms. The number of hydrogen-bond acceptors (Lipinski definition) is 5. The van der Waals surface area contributed by atoms with E-state index in [0.29, 0.717) is 25.2 Å². The molecule has 1 aliphatic rings. The normalized spacial score (nSPS) is 25.4. The van der Waals surface area contributed by atoms with Crippen molar-refractivity contribution in [3.63, 3.8) is 0 Å². The van der Waals surface area contributed by atoms with Gasteiger partial charge in [0.05, 0.1) is 18.8 Å². The third kappa shape index (κ3) is 1.75. The minimum atomic E-state index is -0.843. The smallest absolute Gasteiger partial charge is 0.200 e. The van der Waals surface area contributed by atoms with Crippen LogP contribution in [-0.2, 0) is 9.47 Å². The van der Waals surface area contributed by atoms with Crippen molar-refractivity contribution in [3.8, 4) is 0 Å². The molecule has 0 radical (unpaired) electrons. The summed E-state index contributed by atoms with van der Waals surface area (Å²) in [4.78, 5) is 19.7. The summed E-state index contributed by atoms with van der Waals surface area (Å²) in [5.41, 5.74) is -0.380. The highest BCUT2D eigenvalue weighted by Gasteiger charge is 2.43. The molecule has 0 saturated carbocycles. The molecule has 1 aromatic rings. The molecule has 1 aliphatic heterocycles. The van der Waals surface area contributed by atoms with Gasteiger partial charge in [-0.2, -0.15) is 0 Å². The van der Waals surface area contributed by atoms with Crippen LogP contribution in [0.3, 0.4) is 0 Å². The third-order valence-corrected chi connectivity index (χ3v) is 2.61. The van der Waals surface area contributed by atoms with E-state index < -0.39 is 5.60 Å². The lowest BCUT2D eigenvalue weighted by atomic mass is 9.93. The second-order valence-corrected chi connectivity index (χ2v) is 3.46. The first-order valence-corrected chi connectivity index (χ1v) is 4.71. The molecule has 1 unspecified atom stereocenters. The van der Waals surface area contributed by atoms with E-state index in [1.165, 1.54) is 25.8 Å². The van der Waals surface area contributed by atoms with Crippen LogP contribution in [0.15, 0.2) is 18.7 Å². The number of methoxy groups -OCH3 is 1. The van der Waals surface area contributed by atoms with Gasteiger partial charge in [0.15, 0.2) is 11.4 Å². The molecule has 1 fully saturated rings. The van der Waals surface area contributed by atoms with Gasteiger partial charge >= 0.3 is 0 Å². The van der Waals surface area contributed by atoms with E-state index in [1.54, 1.807) is 0 Å². The number of ether oxygens (including phenoxy) is 2. The lowest BCUT2D eigenvalue weighted by Crippen LogP contribution is -2.41. The molecule has 15 heavy (non-hydrogen) atoms. The van der Waals surface area contributed by atoms with Gasteiger partial charge in [-0.05, 0) is 0 Å². The Balaban J connectivity index is 2.27. The van der Waals surface area contributed by atoms with Crippen LogP contribution in [0.25, 0.3) is 0 Å². The zero-order valence-electron chi connectivity index (χ0n) is 8.47. The summed E-state index contributed by atoms with van der Waals surface area (Å²) < 4.78 is 10.5. The Kier molecular flexibility index (Phi) is 2.75. The van der Waals surface area contributed by atoms with Crippen molar-refractivity contribution in [1.82, 2.24) is 9.97 Å². The van der Waals surface area contributed by atoms with Crippen molar-refractivity contribution in [1.29, 1.82) is 0 Å². The molecule has 1 aromatic heterocycles. The molecule has 2 heterocycles. The fraction of sp³-hybridized carbons (Fsp3) is 0.500. The highest BCUT2D eigenvalue weighted by molar-refractivity contribution is 6.02. The minimum Gasteiger partial charge on any atom is -0.378 e. The highest BCUT2D eigenvalue weighted by atomic mass is 16.6. The lowest BCUT2D eigenvalue weighted by molar-refractivity contribution is -0.00345. The number of ketones is 1. The predicted octanol–water partition coefficient (Wildman–Crippen LogP) is 0.465. The van der Waals surface area contributed by atoms with E-state index in [9.17, 15) is 4.79 Å². The zero-order valence-corrected chi connectivity index (χ0v) is 8.47. The summed E-state index contributed by atoms with van der Waals surface area (Å²) in [6.07, 6.45) is 4.96. The minimum absolute atomic E-state index is 0.108. The molecule has 0 aromatic carbocycles. The van der Waals surface area contributed by atoms with Gasteiger partial charge in [0.1, 0.15) is 6.33 Å². The Hall–Kier alpha value is -1.33. The van der Waals surface area contributed by atoms with Crippen molar-refractivity contribution in [2.45, 2.75) is 12.0 Å². The van der Waals surface area contributed by atoms with Crippen molar-refractivity contribution in [2.75, 3.05) is 20.3 Å². The number of rotatable bonds is 3. The van der Waals surface area contributed by atoms with Crippen LogP contribution in [-0.4, -0.2) is 41.7 Å². The summed E-state index contributed by atoms with van der Waals surface area (Å²) in [6, 6.07) is 0. The van der Waals surface area contributed by atoms with Crippen molar-refractivity contribution in [3.05, 3.63) is 24.3 Å². The van der Waals surface area contributed by atoms with E-state index in [0.717, 1.165) is 0 Å². The Morgan fingerprint density at radius 1 is 1.53 bits per heavy atom. The summed E-state index contributed by atoms with van der Waals surface area (Å²) in [6.45, 7) is 0.852. The van der Waals surface area contributed by atoms with Crippen LogP contribution in [0.5, 0.6) is 0 Å². The summed E-state index contributed by atoms with van der Waals surface area (Å²) in [7, 11) is 1.52. The number of hydrogen-bond donors (Lipinski definition) is 0. The second kappa shape index (κ2) is 4.04. The SMILES string of the molecule is COC1(C(=O)c2cncnc2)CCOC1. The van der Waals surface area contributed by atoms with Crippen molar-refractivity contribution in [2.24, 2.45) is 0 Å². The Labute approximate surface area is 87.4 Å². The molecule has 1 atom stereocenters. The molecule has 0 N–H and O–H groups in total. The van der Waals surface area contributed by atoms with Gasteiger partial charge in [-0.3, -0.25) is 4.79 Å². The van der Waals surface area contributed by atoms with E-state index in [1.807, 2.05) is 0 Å². The number of carbonyl (C=O) groups is 1. The van der Waals surface area contributed by atoms with Gasteiger partial charge < -0.3 is 9.47 Å². The largest absolute Gasteiger partial charge is 0.378 e. The third-order valence-electron chi connectivity index (χ3n) is 2.61. The number of Topliss-reactive ketones (excluding diaryl/α,β-unsaturated/α-hetero) is 1. The first-order valence-electron chi connectivity index (χ1n) is 4.71. The van der Waals surface area contributed by atoms with Crippen molar-refractivity contribution >= 4 is 5.78 Å². The van der Waals surface area contributed by atoms with Crippen molar-refractivity contribution < 1.29 is 14.3 Å². The number of aromatic nitrogens is 2. The van der Waals surface area contributed by atoms with Gasteiger partial charge in [0.2, 0.25) is 0 Å². The van der Waals surface area contributed by atoms with Crippen LogP contribution in [0.1, 0.15) is 16.8 Å². The van der Waals surface area contributed by atoms with Crippen LogP contribution in [0.4, 0.5) is 0 Å². The fourth-order valence-electron chi connectivity index (χ4n) is 1.66. The summed E-state index contributed by atoms with van der Waals surface area (Å²) >= 11 is 0. The zero-order chi connectivity index (χ0) is 10.7. The van der Waals surface area contributed by atoms with E-state index in [4.69, 9.17) is 9.47 Å². The van der Waals surface area contributed by atoms with Gasteiger partial charge in [0.25, 0.3) is 0 Å². The van der Waals surface area contributed by atoms with E-state index >= 15 is 0 Å². The number of carbonyl (C=O) groups excluding carboxylic acids is 1. The fourth-order valence-corrected chi connectivity index (χ4v) is 1.66. The highest BCUT2D eigenvalue weighted by Crippen LogP contribution is 2.26. The maximum Gasteiger partial charge on any atom is 0.200 e. The van der Waals surface area contributed by atoms with Crippen LogP contribution >= 0.6 is 0 Å². The molecule has 1 saturated heterocycles. The molecule has 2 rings (SSSR count). The second-order valence-electron chi connectivity index (χ2n) is 3.46. The maximum atomic E-state index is 12.1. The predicted molar refractivity (Wildman–Crippen MR) is 51.5 cm³/mol. The van der Waals surface area contributed by atoms with Crippen LogP contribution in [0.2, 0.25) is 0 Å². The topological polar surface area (TPSA) is 61.3 Å². The van der Waals surface area contributed by atoms with Gasteiger partial charge in [-0.1, -0.05) is 0 Å². The monoisotopic (exact) mass is 208 g/mol. The Bertz CT molecular complexity index is 347. The molecule has 5 nitrogen and oxygen atoms in total. The molecular weight excluding hydrogens is 196 g/mol. The average Bonchev–Trinajstić information content (AvgIpc) is 2.79. The molecule has 0 aliphatic carbocycles. The van der Waals surface area contributed by atoms with Gasteiger partial charge in [-0.15, -0.1) is 0 Å². The summed E-state index contributed by atoms with van der Waals surface area (Å²) in [5.74, 6) is -0.108. The first-order chi connectivity index (χ1) is 7.28. The molecular formula is C10H12N2O3. The molecule has 0 bridgehead atoms.